The largest absolute Gasteiger partial charge is 0.316 e. The summed E-state index contributed by atoms with van der Waals surface area (Å²) in [7, 11) is 0. The third kappa shape index (κ3) is 3.27. The standard InChI is InChI=1S/C23H31N3/c1-2-6-22-17(4-1)11-21(15-26-22)20-12-19(13-24-14-20)16-7-8-23-18(10-16)5-3-9-25-23/h3,5,7-10,17,19-22,24,26H,1-2,4,6,11-15H2. The van der Waals surface area contributed by atoms with Gasteiger partial charge < -0.3 is 10.6 Å². The summed E-state index contributed by atoms with van der Waals surface area (Å²) >= 11 is 0. The number of nitrogens with zero attached hydrogens (tertiary/aromatic N) is 1. The van der Waals surface area contributed by atoms with E-state index in [0.717, 1.165) is 35.9 Å². The van der Waals surface area contributed by atoms with Crippen molar-refractivity contribution in [3.63, 3.8) is 0 Å². The highest BCUT2D eigenvalue weighted by atomic mass is 15.0. The highest BCUT2D eigenvalue weighted by Crippen LogP contribution is 2.39. The molecule has 2 saturated heterocycles. The highest BCUT2D eigenvalue weighted by molar-refractivity contribution is 5.79. The minimum Gasteiger partial charge on any atom is -0.316 e. The molecule has 2 N–H and O–H groups in total. The van der Waals surface area contributed by atoms with Crippen LogP contribution in [0.15, 0.2) is 36.5 Å². The molecule has 5 atom stereocenters. The maximum atomic E-state index is 4.47. The van der Waals surface area contributed by atoms with E-state index in [-0.39, 0.29) is 0 Å². The fourth-order valence-electron chi connectivity index (χ4n) is 5.83. The second kappa shape index (κ2) is 7.28. The first kappa shape index (κ1) is 16.7. The summed E-state index contributed by atoms with van der Waals surface area (Å²) in [5, 5.41) is 8.94. The third-order valence-corrected chi connectivity index (χ3v) is 7.31. The van der Waals surface area contributed by atoms with E-state index in [1.54, 1.807) is 0 Å². The van der Waals surface area contributed by atoms with Crippen LogP contribution in [0.1, 0.15) is 50.0 Å². The molecular formula is C23H31N3. The van der Waals surface area contributed by atoms with Gasteiger partial charge in [-0.05, 0) is 86.2 Å². The lowest BCUT2D eigenvalue weighted by atomic mass is 9.70. The van der Waals surface area contributed by atoms with E-state index in [1.807, 2.05) is 12.3 Å². The Bertz CT molecular complexity index is 758. The van der Waals surface area contributed by atoms with E-state index in [0.29, 0.717) is 5.92 Å². The van der Waals surface area contributed by atoms with Gasteiger partial charge in [-0.2, -0.15) is 0 Å². The molecule has 0 amide bonds. The fourth-order valence-corrected chi connectivity index (χ4v) is 5.83. The predicted molar refractivity (Wildman–Crippen MR) is 107 cm³/mol. The van der Waals surface area contributed by atoms with Crippen LogP contribution < -0.4 is 10.6 Å². The summed E-state index contributed by atoms with van der Waals surface area (Å²) in [6.45, 7) is 3.56. The van der Waals surface area contributed by atoms with E-state index in [4.69, 9.17) is 0 Å². The SMILES string of the molecule is c1cnc2ccc(C3CNCC(C4CNC5CCCCC5C4)C3)cc2c1. The van der Waals surface area contributed by atoms with Crippen LogP contribution in [0.5, 0.6) is 0 Å². The summed E-state index contributed by atoms with van der Waals surface area (Å²) in [6.07, 6.45) is 10.4. The molecule has 3 aliphatic rings. The Kier molecular flexibility index (Phi) is 4.68. The van der Waals surface area contributed by atoms with Gasteiger partial charge in [0.2, 0.25) is 0 Å². The molecular weight excluding hydrogens is 318 g/mol. The van der Waals surface area contributed by atoms with Gasteiger partial charge in [0.1, 0.15) is 0 Å². The van der Waals surface area contributed by atoms with Crippen LogP contribution in [-0.2, 0) is 0 Å². The van der Waals surface area contributed by atoms with Gasteiger partial charge in [-0.3, -0.25) is 4.98 Å². The molecule has 0 spiro atoms. The van der Waals surface area contributed by atoms with Crippen molar-refractivity contribution in [3.05, 3.63) is 42.1 Å². The zero-order chi connectivity index (χ0) is 17.3. The monoisotopic (exact) mass is 349 g/mol. The van der Waals surface area contributed by atoms with E-state index in [1.165, 1.54) is 62.6 Å². The van der Waals surface area contributed by atoms with Crippen LogP contribution in [0, 0.1) is 17.8 Å². The average molecular weight is 350 g/mol. The van der Waals surface area contributed by atoms with Gasteiger partial charge in [-0.15, -0.1) is 0 Å². The molecule has 3 heterocycles. The molecule has 3 nitrogen and oxygen atoms in total. The first-order valence-electron chi connectivity index (χ1n) is 10.7. The number of rotatable bonds is 2. The smallest absolute Gasteiger partial charge is 0.0702 e. The number of nitrogens with one attached hydrogen (secondary N) is 2. The van der Waals surface area contributed by atoms with Crippen molar-refractivity contribution in [2.45, 2.75) is 50.5 Å². The van der Waals surface area contributed by atoms with Crippen molar-refractivity contribution < 1.29 is 0 Å². The van der Waals surface area contributed by atoms with Crippen molar-refractivity contribution in [2.75, 3.05) is 19.6 Å². The van der Waals surface area contributed by atoms with Gasteiger partial charge in [-0.1, -0.05) is 25.0 Å². The Hall–Kier alpha value is -1.45. The van der Waals surface area contributed by atoms with Crippen molar-refractivity contribution in [2.24, 2.45) is 17.8 Å². The Labute approximate surface area is 157 Å². The van der Waals surface area contributed by atoms with Gasteiger partial charge >= 0.3 is 0 Å². The zero-order valence-corrected chi connectivity index (χ0v) is 15.7. The summed E-state index contributed by atoms with van der Waals surface area (Å²) < 4.78 is 0. The molecule has 2 aliphatic heterocycles. The number of aromatic nitrogens is 1. The quantitative estimate of drug-likeness (QED) is 0.857. The molecule has 1 aromatic carbocycles. The number of fused-ring (bicyclic) bond motifs is 2. The Morgan fingerprint density at radius 1 is 0.885 bits per heavy atom. The third-order valence-electron chi connectivity index (χ3n) is 7.31. The minimum absolute atomic E-state index is 0.641. The van der Waals surface area contributed by atoms with Crippen LogP contribution in [0.25, 0.3) is 10.9 Å². The highest BCUT2D eigenvalue weighted by Gasteiger charge is 2.37. The first-order chi connectivity index (χ1) is 12.9. The van der Waals surface area contributed by atoms with Crippen LogP contribution in [0.3, 0.4) is 0 Å². The zero-order valence-electron chi connectivity index (χ0n) is 15.7. The molecule has 0 radical (unpaired) electrons. The van der Waals surface area contributed by atoms with Gasteiger partial charge in [0.25, 0.3) is 0 Å². The van der Waals surface area contributed by atoms with E-state index >= 15 is 0 Å². The van der Waals surface area contributed by atoms with Crippen LogP contribution in [0.2, 0.25) is 0 Å². The molecule has 26 heavy (non-hydrogen) atoms. The van der Waals surface area contributed by atoms with Gasteiger partial charge in [0, 0.05) is 24.2 Å². The molecule has 0 bridgehead atoms. The lowest BCUT2D eigenvalue weighted by Crippen LogP contribution is -2.51. The molecule has 1 aromatic heterocycles. The van der Waals surface area contributed by atoms with Crippen LogP contribution >= 0.6 is 0 Å². The normalized spacial score (nSPS) is 35.2. The Morgan fingerprint density at radius 2 is 1.81 bits per heavy atom. The predicted octanol–water partition coefficient (Wildman–Crippen LogP) is 4.10. The molecule has 1 aliphatic carbocycles. The summed E-state index contributed by atoms with van der Waals surface area (Å²) in [5.74, 6) is 3.25. The summed E-state index contributed by atoms with van der Waals surface area (Å²) in [4.78, 5) is 4.47. The number of piperidine rings is 2. The Balaban J connectivity index is 1.29. The maximum Gasteiger partial charge on any atom is 0.0702 e. The van der Waals surface area contributed by atoms with E-state index in [9.17, 15) is 0 Å². The van der Waals surface area contributed by atoms with Crippen LogP contribution in [0.4, 0.5) is 0 Å². The van der Waals surface area contributed by atoms with Gasteiger partial charge in [0.05, 0.1) is 5.52 Å². The summed E-state index contributed by atoms with van der Waals surface area (Å²) in [5.41, 5.74) is 2.60. The number of pyridine rings is 1. The molecule has 5 rings (SSSR count). The van der Waals surface area contributed by atoms with Crippen molar-refractivity contribution >= 4 is 10.9 Å². The van der Waals surface area contributed by atoms with Crippen molar-refractivity contribution in [1.82, 2.24) is 15.6 Å². The molecule has 3 heteroatoms. The maximum absolute atomic E-state index is 4.47. The molecule has 138 valence electrons. The Morgan fingerprint density at radius 3 is 2.81 bits per heavy atom. The molecule has 2 aromatic rings. The lowest BCUT2D eigenvalue weighted by molar-refractivity contribution is 0.115. The molecule has 3 fully saturated rings. The van der Waals surface area contributed by atoms with Gasteiger partial charge in [-0.25, -0.2) is 0 Å². The second-order valence-corrected chi connectivity index (χ2v) is 8.86. The first-order valence-corrected chi connectivity index (χ1v) is 10.7. The van der Waals surface area contributed by atoms with Crippen molar-refractivity contribution in [3.8, 4) is 0 Å². The van der Waals surface area contributed by atoms with Crippen LogP contribution in [-0.4, -0.2) is 30.7 Å². The number of benzene rings is 1. The minimum atomic E-state index is 0.641. The fraction of sp³-hybridized carbons (Fsp3) is 0.609. The summed E-state index contributed by atoms with van der Waals surface area (Å²) in [6, 6.07) is 11.9. The lowest BCUT2D eigenvalue weighted by Gasteiger charge is -2.44. The molecule has 1 saturated carbocycles. The number of hydrogen-bond acceptors (Lipinski definition) is 3. The molecule has 5 unspecified atom stereocenters. The van der Waals surface area contributed by atoms with Gasteiger partial charge in [0.15, 0.2) is 0 Å². The van der Waals surface area contributed by atoms with E-state index in [2.05, 4.69) is 39.9 Å². The topological polar surface area (TPSA) is 37.0 Å². The second-order valence-electron chi connectivity index (χ2n) is 8.86. The average Bonchev–Trinajstić information content (AvgIpc) is 2.73. The number of hydrogen-bond donors (Lipinski definition) is 2. The van der Waals surface area contributed by atoms with Crippen molar-refractivity contribution in [1.29, 1.82) is 0 Å². The van der Waals surface area contributed by atoms with E-state index < -0.39 is 0 Å².